The molecule has 2 rings (SSSR count). The first-order valence-electron chi connectivity index (χ1n) is 6.90. The van der Waals surface area contributed by atoms with Crippen LogP contribution < -0.4 is 4.72 Å². The highest BCUT2D eigenvalue weighted by atomic mass is 32.2. The molecule has 25 heavy (non-hydrogen) atoms. The van der Waals surface area contributed by atoms with E-state index in [0.29, 0.717) is 16.4 Å². The van der Waals surface area contributed by atoms with Crippen molar-refractivity contribution in [3.05, 3.63) is 47.8 Å². The maximum atomic E-state index is 13.0. The van der Waals surface area contributed by atoms with Crippen molar-refractivity contribution in [3.63, 3.8) is 0 Å². The van der Waals surface area contributed by atoms with Gasteiger partial charge in [-0.1, -0.05) is 30.3 Å². The van der Waals surface area contributed by atoms with Crippen LogP contribution in [0.25, 0.3) is 0 Å². The predicted molar refractivity (Wildman–Crippen MR) is 80.1 cm³/mol. The summed E-state index contributed by atoms with van der Waals surface area (Å²) in [6.45, 7) is 0. The fraction of sp³-hybridized carbons (Fsp3) is 0.286. The fourth-order valence-electron chi connectivity index (χ4n) is 2.14. The summed E-state index contributed by atoms with van der Waals surface area (Å²) in [6, 6.07) is 6.48. The van der Waals surface area contributed by atoms with Gasteiger partial charge in [0.05, 0.1) is 0 Å². The fourth-order valence-corrected chi connectivity index (χ4v) is 3.53. The van der Waals surface area contributed by atoms with Gasteiger partial charge >= 0.3 is 12.1 Å². The first kappa shape index (κ1) is 18.9. The number of aromatic nitrogens is 2. The van der Waals surface area contributed by atoms with E-state index in [9.17, 15) is 31.5 Å². The van der Waals surface area contributed by atoms with Gasteiger partial charge in [-0.05, 0) is 12.0 Å². The first-order chi connectivity index (χ1) is 11.5. The summed E-state index contributed by atoms with van der Waals surface area (Å²) in [7, 11) is -3.62. The van der Waals surface area contributed by atoms with E-state index in [-0.39, 0.29) is 6.42 Å². The molecule has 136 valence electrons. The molecule has 0 aliphatic rings. The van der Waals surface area contributed by atoms with Crippen LogP contribution in [0.15, 0.2) is 41.4 Å². The summed E-state index contributed by atoms with van der Waals surface area (Å²) in [5.74, 6) is -1.51. The molecule has 0 radical (unpaired) electrons. The standard InChI is InChI=1S/C14H14F3N3O4S/c1-20-8-11(12(18-20)14(15,16)17)25(23,24)19-10(13(21)22)7-9-5-3-2-4-6-9/h2-6,8,10,19H,7H2,1H3,(H,21,22)/t10-/m0/s1. The zero-order valence-corrected chi connectivity index (χ0v) is 13.7. The third-order valence-electron chi connectivity index (χ3n) is 3.23. The van der Waals surface area contributed by atoms with Crippen molar-refractivity contribution in [1.82, 2.24) is 14.5 Å². The number of nitrogens with one attached hydrogen (secondary N) is 1. The van der Waals surface area contributed by atoms with Crippen LogP contribution in [0.1, 0.15) is 11.3 Å². The van der Waals surface area contributed by atoms with E-state index in [1.807, 2.05) is 0 Å². The van der Waals surface area contributed by atoms with Crippen LogP contribution in [0.3, 0.4) is 0 Å². The van der Waals surface area contributed by atoms with Gasteiger partial charge in [-0.3, -0.25) is 9.48 Å². The molecule has 0 aliphatic carbocycles. The number of aryl methyl sites for hydroxylation is 1. The second-order valence-corrected chi connectivity index (χ2v) is 6.90. The number of sulfonamides is 1. The summed E-state index contributed by atoms with van der Waals surface area (Å²) in [6.07, 6.45) is -4.55. The highest BCUT2D eigenvalue weighted by Crippen LogP contribution is 2.32. The van der Waals surface area contributed by atoms with Crippen molar-refractivity contribution in [2.75, 3.05) is 0 Å². The molecule has 0 saturated heterocycles. The van der Waals surface area contributed by atoms with Gasteiger partial charge in [0.25, 0.3) is 0 Å². The van der Waals surface area contributed by atoms with Crippen LogP contribution in [-0.4, -0.2) is 35.3 Å². The lowest BCUT2D eigenvalue weighted by molar-refractivity contribution is -0.143. The average molecular weight is 377 g/mol. The minimum atomic E-state index is -5.00. The number of nitrogens with zero attached hydrogens (tertiary/aromatic N) is 2. The highest BCUT2D eigenvalue weighted by molar-refractivity contribution is 7.89. The van der Waals surface area contributed by atoms with Crippen molar-refractivity contribution in [2.45, 2.75) is 23.5 Å². The topological polar surface area (TPSA) is 101 Å². The molecule has 1 aromatic carbocycles. The van der Waals surface area contributed by atoms with Gasteiger partial charge in [0.2, 0.25) is 10.0 Å². The molecule has 1 heterocycles. The zero-order chi connectivity index (χ0) is 18.8. The summed E-state index contributed by atoms with van der Waals surface area (Å²) in [5, 5.41) is 12.3. The molecule has 0 fully saturated rings. The second kappa shape index (κ2) is 6.84. The number of rotatable bonds is 6. The Bertz CT molecular complexity index is 863. The van der Waals surface area contributed by atoms with E-state index in [1.165, 1.54) is 0 Å². The molecule has 0 unspecified atom stereocenters. The van der Waals surface area contributed by atoms with Crippen LogP contribution in [-0.2, 0) is 34.5 Å². The van der Waals surface area contributed by atoms with Crippen molar-refractivity contribution >= 4 is 16.0 Å². The molecular formula is C14H14F3N3O4S. The van der Waals surface area contributed by atoms with Crippen molar-refractivity contribution in [3.8, 4) is 0 Å². The minimum Gasteiger partial charge on any atom is -0.480 e. The highest BCUT2D eigenvalue weighted by Gasteiger charge is 2.41. The first-order valence-corrected chi connectivity index (χ1v) is 8.39. The summed E-state index contributed by atoms with van der Waals surface area (Å²) < 4.78 is 65.9. The zero-order valence-electron chi connectivity index (χ0n) is 12.9. The van der Waals surface area contributed by atoms with E-state index in [1.54, 1.807) is 35.1 Å². The number of carboxylic acids is 1. The molecule has 11 heteroatoms. The largest absolute Gasteiger partial charge is 0.480 e. The lowest BCUT2D eigenvalue weighted by Gasteiger charge is -2.15. The Balaban J connectivity index is 2.34. The Hall–Kier alpha value is -2.40. The second-order valence-electron chi connectivity index (χ2n) is 5.22. The van der Waals surface area contributed by atoms with Crippen molar-refractivity contribution in [2.24, 2.45) is 7.05 Å². The molecule has 0 amide bonds. The van der Waals surface area contributed by atoms with Gasteiger partial charge in [0, 0.05) is 13.2 Å². The average Bonchev–Trinajstić information content (AvgIpc) is 2.90. The van der Waals surface area contributed by atoms with E-state index >= 15 is 0 Å². The molecule has 1 aromatic heterocycles. The molecule has 7 nitrogen and oxygen atoms in total. The van der Waals surface area contributed by atoms with Crippen molar-refractivity contribution < 1.29 is 31.5 Å². The number of alkyl halides is 3. The molecule has 0 bridgehead atoms. The number of halogens is 3. The van der Waals surface area contributed by atoms with Crippen LogP contribution in [0.4, 0.5) is 13.2 Å². The Morgan fingerprint density at radius 3 is 2.44 bits per heavy atom. The third kappa shape index (κ3) is 4.57. The number of hydrogen-bond acceptors (Lipinski definition) is 4. The smallest absolute Gasteiger partial charge is 0.436 e. The van der Waals surface area contributed by atoms with Gasteiger partial charge < -0.3 is 5.11 Å². The molecule has 0 saturated carbocycles. The molecule has 2 N–H and O–H groups in total. The summed E-state index contributed by atoms with van der Waals surface area (Å²) in [5.41, 5.74) is -1.09. The number of carboxylic acid groups (broad SMARTS) is 1. The molecule has 2 aromatic rings. The molecular weight excluding hydrogens is 363 g/mol. The third-order valence-corrected chi connectivity index (χ3v) is 4.70. The molecule has 0 aliphatic heterocycles. The van der Waals surface area contributed by atoms with Gasteiger partial charge in [0.15, 0.2) is 5.69 Å². The monoisotopic (exact) mass is 377 g/mol. The van der Waals surface area contributed by atoms with Crippen LogP contribution >= 0.6 is 0 Å². The Kier molecular flexibility index (Phi) is 5.18. The lowest BCUT2D eigenvalue weighted by atomic mass is 10.1. The summed E-state index contributed by atoms with van der Waals surface area (Å²) >= 11 is 0. The molecule has 0 spiro atoms. The number of benzene rings is 1. The van der Waals surface area contributed by atoms with Gasteiger partial charge in [-0.25, -0.2) is 8.42 Å². The number of hydrogen-bond donors (Lipinski definition) is 2. The van der Waals surface area contributed by atoms with Crippen LogP contribution in [0.5, 0.6) is 0 Å². The Morgan fingerprint density at radius 2 is 1.92 bits per heavy atom. The summed E-state index contributed by atoms with van der Waals surface area (Å²) in [4.78, 5) is 10.2. The maximum Gasteiger partial charge on any atom is 0.436 e. The van der Waals surface area contributed by atoms with E-state index in [4.69, 9.17) is 0 Å². The maximum absolute atomic E-state index is 13.0. The van der Waals surface area contributed by atoms with E-state index in [0.717, 1.165) is 7.05 Å². The normalized spacial score (nSPS) is 13.6. The van der Waals surface area contributed by atoms with E-state index in [2.05, 4.69) is 5.10 Å². The lowest BCUT2D eigenvalue weighted by Crippen LogP contribution is -2.42. The Labute approximate surface area is 141 Å². The van der Waals surface area contributed by atoms with Gasteiger partial charge in [0.1, 0.15) is 10.9 Å². The van der Waals surface area contributed by atoms with Gasteiger partial charge in [-0.2, -0.15) is 23.0 Å². The van der Waals surface area contributed by atoms with Crippen LogP contribution in [0.2, 0.25) is 0 Å². The van der Waals surface area contributed by atoms with Gasteiger partial charge in [-0.15, -0.1) is 0 Å². The molecule has 1 atom stereocenters. The van der Waals surface area contributed by atoms with Crippen molar-refractivity contribution in [1.29, 1.82) is 0 Å². The van der Waals surface area contributed by atoms with Crippen LogP contribution in [0, 0.1) is 0 Å². The predicted octanol–water partition coefficient (Wildman–Crippen LogP) is 1.41. The number of carbonyl (C=O) groups is 1. The van der Waals surface area contributed by atoms with E-state index < -0.39 is 38.8 Å². The number of aliphatic carboxylic acids is 1. The SMILES string of the molecule is Cn1cc(S(=O)(=O)N[C@@H](Cc2ccccc2)C(=O)O)c(C(F)(F)F)n1. The quantitative estimate of drug-likeness (QED) is 0.793. The Morgan fingerprint density at radius 1 is 1.32 bits per heavy atom. The minimum absolute atomic E-state index is 0.225.